The molecule has 2 aromatic rings. The molecular weight excluding hydrogens is 228 g/mol. The molecule has 5 heteroatoms. The SMILES string of the molecule is CCCn1cc(Oc2cncc(CNC)c2)cn1. The van der Waals surface area contributed by atoms with Gasteiger partial charge >= 0.3 is 0 Å². The minimum atomic E-state index is 0.735. The fourth-order valence-corrected chi connectivity index (χ4v) is 1.71. The lowest BCUT2D eigenvalue weighted by Gasteiger charge is -2.04. The number of ether oxygens (including phenoxy) is 1. The molecule has 0 fully saturated rings. The number of hydrogen-bond acceptors (Lipinski definition) is 4. The van der Waals surface area contributed by atoms with E-state index in [-0.39, 0.29) is 0 Å². The number of aryl methyl sites for hydroxylation is 1. The van der Waals surface area contributed by atoms with E-state index < -0.39 is 0 Å². The van der Waals surface area contributed by atoms with Crippen molar-refractivity contribution >= 4 is 0 Å². The average molecular weight is 246 g/mol. The van der Waals surface area contributed by atoms with Gasteiger partial charge in [0.1, 0.15) is 5.75 Å². The summed E-state index contributed by atoms with van der Waals surface area (Å²) in [7, 11) is 1.91. The molecule has 2 rings (SSSR count). The molecule has 5 nitrogen and oxygen atoms in total. The molecule has 96 valence electrons. The van der Waals surface area contributed by atoms with Gasteiger partial charge in [-0.25, -0.2) is 0 Å². The first kappa shape index (κ1) is 12.6. The molecule has 18 heavy (non-hydrogen) atoms. The van der Waals surface area contributed by atoms with Gasteiger partial charge in [-0.1, -0.05) is 6.92 Å². The molecule has 0 unspecified atom stereocenters. The number of nitrogens with one attached hydrogen (secondary N) is 1. The maximum Gasteiger partial charge on any atom is 0.165 e. The molecule has 0 atom stereocenters. The highest BCUT2D eigenvalue weighted by molar-refractivity contribution is 5.28. The zero-order valence-electron chi connectivity index (χ0n) is 10.8. The lowest BCUT2D eigenvalue weighted by Crippen LogP contribution is -2.05. The second-order valence-corrected chi connectivity index (χ2v) is 4.10. The van der Waals surface area contributed by atoms with Crippen LogP contribution in [0, 0.1) is 0 Å². The Morgan fingerprint density at radius 1 is 1.28 bits per heavy atom. The van der Waals surface area contributed by atoms with E-state index in [2.05, 4.69) is 22.3 Å². The molecule has 2 heterocycles. The maximum atomic E-state index is 5.72. The van der Waals surface area contributed by atoms with Crippen LogP contribution in [0.1, 0.15) is 18.9 Å². The van der Waals surface area contributed by atoms with Crippen molar-refractivity contribution in [1.29, 1.82) is 0 Å². The van der Waals surface area contributed by atoms with Crippen molar-refractivity contribution in [1.82, 2.24) is 20.1 Å². The van der Waals surface area contributed by atoms with Gasteiger partial charge in [0.15, 0.2) is 5.75 Å². The summed E-state index contributed by atoms with van der Waals surface area (Å²) >= 11 is 0. The Morgan fingerprint density at radius 3 is 2.94 bits per heavy atom. The smallest absolute Gasteiger partial charge is 0.165 e. The summed E-state index contributed by atoms with van der Waals surface area (Å²) in [5.74, 6) is 1.48. The summed E-state index contributed by atoms with van der Waals surface area (Å²) < 4.78 is 7.59. The fourth-order valence-electron chi connectivity index (χ4n) is 1.71. The summed E-state index contributed by atoms with van der Waals surface area (Å²) in [4.78, 5) is 4.15. The number of aromatic nitrogens is 3. The average Bonchev–Trinajstić information content (AvgIpc) is 2.78. The third kappa shape index (κ3) is 3.30. The lowest BCUT2D eigenvalue weighted by atomic mass is 10.3. The Labute approximate surface area is 107 Å². The first-order valence-electron chi connectivity index (χ1n) is 6.10. The monoisotopic (exact) mass is 246 g/mol. The second-order valence-electron chi connectivity index (χ2n) is 4.10. The Bertz CT molecular complexity index is 495. The van der Waals surface area contributed by atoms with Crippen LogP contribution in [0.25, 0.3) is 0 Å². The second kappa shape index (κ2) is 6.16. The Morgan fingerprint density at radius 2 is 2.17 bits per heavy atom. The van der Waals surface area contributed by atoms with E-state index in [1.54, 1.807) is 12.4 Å². The summed E-state index contributed by atoms with van der Waals surface area (Å²) in [6, 6.07) is 1.97. The van der Waals surface area contributed by atoms with Gasteiger partial charge < -0.3 is 10.1 Å². The third-order valence-corrected chi connectivity index (χ3v) is 2.45. The van der Waals surface area contributed by atoms with E-state index in [1.165, 1.54) is 0 Å². The zero-order valence-corrected chi connectivity index (χ0v) is 10.8. The molecule has 0 amide bonds. The van der Waals surface area contributed by atoms with Crippen LogP contribution < -0.4 is 10.1 Å². The van der Waals surface area contributed by atoms with Crippen LogP contribution >= 0.6 is 0 Å². The van der Waals surface area contributed by atoms with Crippen molar-refractivity contribution in [3.63, 3.8) is 0 Å². The number of rotatable bonds is 6. The van der Waals surface area contributed by atoms with Crippen molar-refractivity contribution in [3.05, 3.63) is 36.4 Å². The number of hydrogen-bond donors (Lipinski definition) is 1. The highest BCUT2D eigenvalue weighted by Gasteiger charge is 2.02. The summed E-state index contributed by atoms with van der Waals surface area (Å²) in [6.45, 7) is 3.80. The maximum absolute atomic E-state index is 5.72. The molecule has 0 spiro atoms. The summed E-state index contributed by atoms with van der Waals surface area (Å²) in [5.41, 5.74) is 1.09. The van der Waals surface area contributed by atoms with Crippen LogP contribution in [0.5, 0.6) is 11.5 Å². The fraction of sp³-hybridized carbons (Fsp3) is 0.385. The summed E-state index contributed by atoms with van der Waals surface area (Å²) in [5, 5.41) is 7.30. The van der Waals surface area contributed by atoms with Gasteiger partial charge in [0.2, 0.25) is 0 Å². The van der Waals surface area contributed by atoms with E-state index in [4.69, 9.17) is 4.74 Å². The van der Waals surface area contributed by atoms with Gasteiger partial charge in [0, 0.05) is 19.3 Å². The van der Waals surface area contributed by atoms with E-state index in [1.807, 2.05) is 30.2 Å². The van der Waals surface area contributed by atoms with Gasteiger partial charge in [-0.2, -0.15) is 5.10 Å². The largest absolute Gasteiger partial charge is 0.452 e. The van der Waals surface area contributed by atoms with Crippen LogP contribution in [0.2, 0.25) is 0 Å². The topological polar surface area (TPSA) is 52.0 Å². The van der Waals surface area contributed by atoms with Crippen molar-refractivity contribution in [2.45, 2.75) is 26.4 Å². The molecule has 0 radical (unpaired) electrons. The van der Waals surface area contributed by atoms with Gasteiger partial charge in [-0.15, -0.1) is 0 Å². The molecule has 0 bridgehead atoms. The Balaban J connectivity index is 2.05. The predicted molar refractivity (Wildman–Crippen MR) is 69.6 cm³/mol. The lowest BCUT2D eigenvalue weighted by molar-refractivity contribution is 0.477. The highest BCUT2D eigenvalue weighted by Crippen LogP contribution is 2.20. The van der Waals surface area contributed by atoms with E-state index in [0.717, 1.165) is 36.6 Å². The van der Waals surface area contributed by atoms with Gasteiger partial charge in [0.05, 0.1) is 18.6 Å². The van der Waals surface area contributed by atoms with Crippen molar-refractivity contribution in [2.75, 3.05) is 7.05 Å². The normalized spacial score (nSPS) is 10.6. The Hall–Kier alpha value is -1.88. The molecule has 0 aliphatic carbocycles. The van der Waals surface area contributed by atoms with Crippen molar-refractivity contribution < 1.29 is 4.74 Å². The van der Waals surface area contributed by atoms with E-state index in [0.29, 0.717) is 0 Å². The quantitative estimate of drug-likeness (QED) is 0.849. The van der Waals surface area contributed by atoms with Gasteiger partial charge in [-0.05, 0) is 25.1 Å². The first-order valence-corrected chi connectivity index (χ1v) is 6.10. The number of nitrogens with zero attached hydrogens (tertiary/aromatic N) is 3. The molecule has 0 saturated heterocycles. The molecule has 0 aliphatic heterocycles. The van der Waals surface area contributed by atoms with Crippen LogP contribution in [0.15, 0.2) is 30.9 Å². The molecule has 2 aromatic heterocycles. The molecule has 0 aromatic carbocycles. The van der Waals surface area contributed by atoms with Crippen LogP contribution in [0.4, 0.5) is 0 Å². The van der Waals surface area contributed by atoms with Crippen LogP contribution in [-0.2, 0) is 13.1 Å². The predicted octanol–water partition coefficient (Wildman–Crippen LogP) is 2.20. The minimum absolute atomic E-state index is 0.735. The van der Waals surface area contributed by atoms with E-state index in [9.17, 15) is 0 Å². The molecular formula is C13H18N4O. The van der Waals surface area contributed by atoms with Gasteiger partial charge in [0.25, 0.3) is 0 Å². The first-order chi connectivity index (χ1) is 8.81. The molecule has 1 N–H and O–H groups in total. The molecule has 0 saturated carbocycles. The van der Waals surface area contributed by atoms with Crippen LogP contribution in [0.3, 0.4) is 0 Å². The zero-order chi connectivity index (χ0) is 12.8. The highest BCUT2D eigenvalue weighted by atomic mass is 16.5. The standard InChI is InChI=1S/C13H18N4O/c1-3-4-17-10-13(9-16-17)18-12-5-11(6-14-2)7-15-8-12/h5,7-10,14H,3-4,6H2,1-2H3. The van der Waals surface area contributed by atoms with Gasteiger partial charge in [-0.3, -0.25) is 9.67 Å². The summed E-state index contributed by atoms with van der Waals surface area (Å²) in [6.07, 6.45) is 8.20. The minimum Gasteiger partial charge on any atom is -0.452 e. The van der Waals surface area contributed by atoms with E-state index >= 15 is 0 Å². The Kier molecular flexibility index (Phi) is 4.30. The van der Waals surface area contributed by atoms with Crippen LogP contribution in [-0.4, -0.2) is 21.8 Å². The third-order valence-electron chi connectivity index (χ3n) is 2.45. The van der Waals surface area contributed by atoms with Crippen molar-refractivity contribution in [2.24, 2.45) is 0 Å². The molecule has 0 aliphatic rings. The van der Waals surface area contributed by atoms with Crippen molar-refractivity contribution in [3.8, 4) is 11.5 Å². The number of pyridine rings is 1.